The molecule has 0 aliphatic carbocycles. The SMILES string of the molecule is F[SiH2]n1ccc2ccccc21. The lowest BCUT2D eigenvalue weighted by atomic mass is 10.3. The smallest absolute Gasteiger partial charge is 0.322 e. The number of hydrogen-bond donors (Lipinski definition) is 0. The van der Waals surface area contributed by atoms with Crippen molar-refractivity contribution < 1.29 is 4.11 Å². The van der Waals surface area contributed by atoms with Crippen LogP contribution in [0.1, 0.15) is 0 Å². The van der Waals surface area contributed by atoms with Gasteiger partial charge in [0.2, 0.25) is 0 Å². The molecule has 3 heteroatoms. The largest absolute Gasteiger partial charge is 0.353 e. The Labute approximate surface area is 66.5 Å². The summed E-state index contributed by atoms with van der Waals surface area (Å²) >= 11 is 0. The Kier molecular flexibility index (Phi) is 1.51. The van der Waals surface area contributed by atoms with Crippen LogP contribution in [0.5, 0.6) is 0 Å². The van der Waals surface area contributed by atoms with Crippen LogP contribution < -0.4 is 0 Å². The van der Waals surface area contributed by atoms with Crippen molar-refractivity contribution in [3.63, 3.8) is 0 Å². The maximum atomic E-state index is 12.4. The van der Waals surface area contributed by atoms with E-state index >= 15 is 0 Å². The van der Waals surface area contributed by atoms with Crippen molar-refractivity contribution in [2.75, 3.05) is 0 Å². The first-order valence-corrected chi connectivity index (χ1v) is 4.68. The summed E-state index contributed by atoms with van der Waals surface area (Å²) in [4.78, 5) is 0. The number of benzene rings is 1. The standard InChI is InChI=1S/C8H8FNSi/c9-11-10-6-5-7-3-1-2-4-8(7)10/h1-6H,11H2. The summed E-state index contributed by atoms with van der Waals surface area (Å²) in [5.41, 5.74) is 1.02. The second kappa shape index (κ2) is 2.51. The van der Waals surface area contributed by atoms with E-state index in [0.717, 1.165) is 10.9 Å². The Morgan fingerprint density at radius 2 is 2.00 bits per heavy atom. The Balaban J connectivity index is 2.76. The first-order chi connectivity index (χ1) is 5.42. The molecular weight excluding hydrogens is 157 g/mol. The highest BCUT2D eigenvalue weighted by Crippen LogP contribution is 2.13. The van der Waals surface area contributed by atoms with Gasteiger partial charge in [-0.3, -0.25) is 4.11 Å². The molecule has 0 bridgehead atoms. The average molecular weight is 165 g/mol. The Morgan fingerprint density at radius 1 is 1.18 bits per heavy atom. The molecule has 0 amide bonds. The van der Waals surface area contributed by atoms with Crippen LogP contribution in [-0.2, 0) is 0 Å². The molecule has 2 aromatic rings. The number of halogens is 1. The van der Waals surface area contributed by atoms with E-state index in [1.165, 1.54) is 0 Å². The molecule has 56 valence electrons. The summed E-state index contributed by atoms with van der Waals surface area (Å²) in [5.74, 6) is 0. The predicted molar refractivity (Wildman–Crippen MR) is 47.0 cm³/mol. The number of rotatable bonds is 1. The molecule has 11 heavy (non-hydrogen) atoms. The van der Waals surface area contributed by atoms with Crippen LogP contribution in [0.4, 0.5) is 4.11 Å². The quantitative estimate of drug-likeness (QED) is 0.445. The zero-order valence-corrected chi connectivity index (χ0v) is 7.41. The fourth-order valence-corrected chi connectivity index (χ4v) is 1.85. The van der Waals surface area contributed by atoms with Gasteiger partial charge in [0.05, 0.1) is 0 Å². The molecule has 0 saturated carbocycles. The van der Waals surface area contributed by atoms with Crippen molar-refractivity contribution in [3.05, 3.63) is 36.5 Å². The van der Waals surface area contributed by atoms with Gasteiger partial charge in [-0.1, -0.05) is 18.2 Å². The minimum Gasteiger partial charge on any atom is -0.353 e. The fraction of sp³-hybridized carbons (Fsp3) is 0. The summed E-state index contributed by atoms with van der Waals surface area (Å²) < 4.78 is 14.1. The zero-order chi connectivity index (χ0) is 7.68. The van der Waals surface area contributed by atoms with E-state index in [2.05, 4.69) is 0 Å². The third kappa shape index (κ3) is 0.972. The van der Waals surface area contributed by atoms with Gasteiger partial charge < -0.3 is 4.23 Å². The summed E-state index contributed by atoms with van der Waals surface area (Å²) in [5, 5.41) is 1.12. The first-order valence-electron chi connectivity index (χ1n) is 3.51. The van der Waals surface area contributed by atoms with E-state index in [9.17, 15) is 4.11 Å². The third-order valence-electron chi connectivity index (χ3n) is 1.81. The topological polar surface area (TPSA) is 4.93 Å². The first kappa shape index (κ1) is 6.61. The maximum absolute atomic E-state index is 12.4. The van der Waals surface area contributed by atoms with Crippen LogP contribution in [0.3, 0.4) is 0 Å². The maximum Gasteiger partial charge on any atom is 0.322 e. The molecule has 1 aromatic heterocycles. The normalized spacial score (nSPS) is 11.7. The van der Waals surface area contributed by atoms with Crippen LogP contribution >= 0.6 is 0 Å². The lowest BCUT2D eigenvalue weighted by Crippen LogP contribution is -1.96. The van der Waals surface area contributed by atoms with Gasteiger partial charge >= 0.3 is 10.0 Å². The van der Waals surface area contributed by atoms with Gasteiger partial charge in [0.1, 0.15) is 0 Å². The van der Waals surface area contributed by atoms with Gasteiger partial charge in [-0.15, -0.1) is 0 Å². The molecule has 1 aromatic carbocycles. The number of hydrogen-bond acceptors (Lipinski definition) is 0. The van der Waals surface area contributed by atoms with E-state index in [0.29, 0.717) is 0 Å². The molecular formula is C8H8FNSi. The third-order valence-corrected chi connectivity index (χ3v) is 2.62. The summed E-state index contributed by atoms with van der Waals surface area (Å²) in [6.07, 6.45) is 1.82. The van der Waals surface area contributed by atoms with Crippen molar-refractivity contribution in [3.8, 4) is 0 Å². The Morgan fingerprint density at radius 3 is 2.82 bits per heavy atom. The number of fused-ring (bicyclic) bond motifs is 1. The van der Waals surface area contributed by atoms with Crippen LogP contribution in [-0.4, -0.2) is 14.2 Å². The minimum absolute atomic E-state index is 1.02. The van der Waals surface area contributed by atoms with Crippen molar-refractivity contribution in [1.29, 1.82) is 0 Å². The minimum atomic E-state index is -1.57. The van der Waals surface area contributed by atoms with Crippen molar-refractivity contribution in [2.45, 2.75) is 0 Å². The molecule has 0 saturated heterocycles. The van der Waals surface area contributed by atoms with E-state index in [-0.39, 0.29) is 0 Å². The molecule has 1 nitrogen and oxygen atoms in total. The highest BCUT2D eigenvalue weighted by atomic mass is 28.3. The monoisotopic (exact) mass is 165 g/mol. The Bertz CT molecular complexity index is 369. The summed E-state index contributed by atoms with van der Waals surface area (Å²) in [6.45, 7) is 0. The summed E-state index contributed by atoms with van der Waals surface area (Å²) in [6, 6.07) is 9.79. The van der Waals surface area contributed by atoms with Gasteiger partial charge in [-0.2, -0.15) is 0 Å². The molecule has 0 unspecified atom stereocenters. The van der Waals surface area contributed by atoms with Crippen molar-refractivity contribution in [2.24, 2.45) is 0 Å². The van der Waals surface area contributed by atoms with Crippen LogP contribution in [0.25, 0.3) is 10.9 Å². The van der Waals surface area contributed by atoms with Gasteiger partial charge in [-0.25, -0.2) is 0 Å². The highest BCUT2D eigenvalue weighted by Gasteiger charge is 1.97. The molecule has 0 atom stereocenters. The predicted octanol–water partition coefficient (Wildman–Crippen LogP) is 1.46. The molecule has 0 aliphatic rings. The molecule has 1 heterocycles. The van der Waals surface area contributed by atoms with Gasteiger partial charge in [0, 0.05) is 5.52 Å². The van der Waals surface area contributed by atoms with Gasteiger partial charge in [-0.05, 0) is 23.7 Å². The lowest BCUT2D eigenvalue weighted by molar-refractivity contribution is 0.841. The zero-order valence-electron chi connectivity index (χ0n) is 6.00. The highest BCUT2D eigenvalue weighted by molar-refractivity contribution is 6.26. The molecule has 0 radical (unpaired) electrons. The van der Waals surface area contributed by atoms with Crippen LogP contribution in [0, 0.1) is 0 Å². The van der Waals surface area contributed by atoms with Crippen LogP contribution in [0.15, 0.2) is 36.5 Å². The number of aromatic nitrogens is 1. The van der Waals surface area contributed by atoms with E-state index in [1.54, 1.807) is 4.23 Å². The molecule has 0 N–H and O–H groups in total. The molecule has 0 spiro atoms. The van der Waals surface area contributed by atoms with Crippen molar-refractivity contribution >= 4 is 20.9 Å². The second-order valence-electron chi connectivity index (χ2n) is 2.46. The van der Waals surface area contributed by atoms with Crippen molar-refractivity contribution in [1.82, 2.24) is 4.23 Å². The van der Waals surface area contributed by atoms with E-state index in [1.807, 2.05) is 36.5 Å². The fourth-order valence-electron chi connectivity index (χ4n) is 1.24. The van der Waals surface area contributed by atoms with Gasteiger partial charge in [0.25, 0.3) is 0 Å². The average Bonchev–Trinajstić information content (AvgIpc) is 2.47. The second-order valence-corrected chi connectivity index (χ2v) is 3.38. The lowest BCUT2D eigenvalue weighted by Gasteiger charge is -1.95. The number of para-hydroxylation sites is 1. The summed E-state index contributed by atoms with van der Waals surface area (Å²) in [7, 11) is -1.57. The number of nitrogens with zero attached hydrogens (tertiary/aromatic N) is 1. The van der Waals surface area contributed by atoms with E-state index in [4.69, 9.17) is 0 Å². The molecule has 0 fully saturated rings. The van der Waals surface area contributed by atoms with Gasteiger partial charge in [0.15, 0.2) is 0 Å². The van der Waals surface area contributed by atoms with Crippen LogP contribution in [0.2, 0.25) is 0 Å². The molecule has 0 aliphatic heterocycles. The molecule has 2 rings (SSSR count). The van der Waals surface area contributed by atoms with E-state index < -0.39 is 10.0 Å². The Hall–Kier alpha value is -1.09.